The summed E-state index contributed by atoms with van der Waals surface area (Å²) in [5, 5.41) is 12.8. The third-order valence-corrected chi connectivity index (χ3v) is 5.14. The highest BCUT2D eigenvalue weighted by atomic mass is 32.2. The van der Waals surface area contributed by atoms with E-state index in [-0.39, 0.29) is 11.7 Å². The van der Waals surface area contributed by atoms with E-state index >= 15 is 0 Å². The maximum Gasteiger partial charge on any atom is 0.339 e. The Bertz CT molecular complexity index is 1060. The Morgan fingerprint density at radius 3 is 2.62 bits per heavy atom. The number of para-hydroxylation sites is 1. The summed E-state index contributed by atoms with van der Waals surface area (Å²) >= 11 is 1.14. The molecule has 2 N–H and O–H groups in total. The van der Waals surface area contributed by atoms with E-state index in [4.69, 9.17) is 10.6 Å². The molecule has 2 heterocycles. The van der Waals surface area contributed by atoms with Crippen molar-refractivity contribution in [2.75, 3.05) is 30.7 Å². The predicted molar refractivity (Wildman–Crippen MR) is 109 cm³/mol. The number of ether oxygens (including phenoxy) is 1. The van der Waals surface area contributed by atoms with Crippen LogP contribution in [0.2, 0.25) is 0 Å². The largest absolute Gasteiger partial charge is 0.465 e. The van der Waals surface area contributed by atoms with Gasteiger partial charge in [0.2, 0.25) is 11.1 Å². The molecule has 10 nitrogen and oxygen atoms in total. The highest BCUT2D eigenvalue weighted by Gasteiger charge is 2.21. The minimum Gasteiger partial charge on any atom is -0.465 e. The van der Waals surface area contributed by atoms with Crippen LogP contribution in [0.15, 0.2) is 35.5 Å². The summed E-state index contributed by atoms with van der Waals surface area (Å²) in [6.07, 6.45) is 0. The molecule has 1 aromatic carbocycles. The Hall–Kier alpha value is -3.34. The number of carbonyl (C=O) groups excluding carboxylic acids is 2. The normalized spacial score (nSPS) is 10.8. The first-order valence-electron chi connectivity index (χ1n) is 8.64. The van der Waals surface area contributed by atoms with E-state index in [9.17, 15) is 9.59 Å². The molecule has 2 aromatic heterocycles. The molecular formula is C18H21N7O3S. The van der Waals surface area contributed by atoms with Crippen molar-refractivity contribution in [3.05, 3.63) is 47.3 Å². The lowest BCUT2D eigenvalue weighted by Crippen LogP contribution is -2.30. The number of anilines is 1. The molecule has 0 aliphatic carbocycles. The summed E-state index contributed by atoms with van der Waals surface area (Å²) in [6.45, 7) is 3.76. The molecule has 0 aliphatic rings. The zero-order valence-electron chi connectivity index (χ0n) is 16.5. The third kappa shape index (κ3) is 4.09. The second-order valence-electron chi connectivity index (χ2n) is 6.24. The SMILES string of the molecule is COC(=O)c1ccccc1N(C)C(=O)CSc1nnc(-n2nc(C)cc2C)n1N. The van der Waals surface area contributed by atoms with E-state index in [2.05, 4.69) is 15.3 Å². The van der Waals surface area contributed by atoms with Crippen LogP contribution >= 0.6 is 11.8 Å². The summed E-state index contributed by atoms with van der Waals surface area (Å²) < 4.78 is 7.66. The highest BCUT2D eigenvalue weighted by molar-refractivity contribution is 7.99. The number of carbonyl (C=O) groups is 2. The van der Waals surface area contributed by atoms with Gasteiger partial charge in [-0.2, -0.15) is 5.10 Å². The standard InChI is InChI=1S/C18H21N7O3S/c1-11-9-12(2)25(22-11)17-20-21-18(24(17)19)29-10-15(26)23(3)14-8-6-5-7-13(14)16(27)28-4/h5-9H,10,19H2,1-4H3. The van der Waals surface area contributed by atoms with Gasteiger partial charge in [0.1, 0.15) is 0 Å². The number of nitrogen functional groups attached to an aromatic ring is 1. The molecule has 0 radical (unpaired) electrons. The number of benzene rings is 1. The van der Waals surface area contributed by atoms with Gasteiger partial charge >= 0.3 is 5.97 Å². The first kappa shape index (κ1) is 20.4. The molecule has 3 rings (SSSR count). The van der Waals surface area contributed by atoms with Crippen molar-refractivity contribution in [1.82, 2.24) is 24.7 Å². The van der Waals surface area contributed by atoms with Crippen molar-refractivity contribution in [3.8, 4) is 5.95 Å². The van der Waals surface area contributed by atoms with Gasteiger partial charge in [-0.3, -0.25) is 4.79 Å². The summed E-state index contributed by atoms with van der Waals surface area (Å²) in [6, 6.07) is 8.64. The molecule has 29 heavy (non-hydrogen) atoms. The molecule has 0 saturated carbocycles. The fourth-order valence-electron chi connectivity index (χ4n) is 2.75. The van der Waals surface area contributed by atoms with Gasteiger partial charge in [-0.15, -0.1) is 10.2 Å². The lowest BCUT2D eigenvalue weighted by atomic mass is 10.1. The second-order valence-corrected chi connectivity index (χ2v) is 7.18. The van der Waals surface area contributed by atoms with E-state index in [1.165, 1.54) is 16.7 Å². The van der Waals surface area contributed by atoms with E-state index in [0.29, 0.717) is 22.4 Å². The summed E-state index contributed by atoms with van der Waals surface area (Å²) in [5.74, 6) is 5.76. The van der Waals surface area contributed by atoms with Gasteiger partial charge in [-0.1, -0.05) is 23.9 Å². The first-order chi connectivity index (χ1) is 13.8. The average molecular weight is 415 g/mol. The van der Waals surface area contributed by atoms with Crippen LogP contribution in [0, 0.1) is 13.8 Å². The van der Waals surface area contributed by atoms with Crippen molar-refractivity contribution in [1.29, 1.82) is 0 Å². The van der Waals surface area contributed by atoms with Crippen LogP contribution in [0.3, 0.4) is 0 Å². The van der Waals surface area contributed by atoms with Crippen LogP contribution in [-0.2, 0) is 9.53 Å². The zero-order chi connectivity index (χ0) is 21.1. The zero-order valence-corrected chi connectivity index (χ0v) is 17.3. The minimum absolute atomic E-state index is 0.0540. The minimum atomic E-state index is -0.510. The Kier molecular flexibility index (Phi) is 5.87. The summed E-state index contributed by atoms with van der Waals surface area (Å²) in [5.41, 5.74) is 2.47. The number of methoxy groups -OCH3 is 1. The van der Waals surface area contributed by atoms with Gasteiger partial charge in [0, 0.05) is 12.7 Å². The van der Waals surface area contributed by atoms with E-state index in [1.54, 1.807) is 36.0 Å². The molecule has 0 spiro atoms. The van der Waals surface area contributed by atoms with Gasteiger partial charge in [-0.05, 0) is 32.0 Å². The quantitative estimate of drug-likeness (QED) is 0.364. The van der Waals surface area contributed by atoms with Crippen LogP contribution in [0.25, 0.3) is 5.95 Å². The molecular weight excluding hydrogens is 394 g/mol. The lowest BCUT2D eigenvalue weighted by Gasteiger charge is -2.19. The molecule has 0 aliphatic heterocycles. The number of nitrogens with zero attached hydrogens (tertiary/aromatic N) is 6. The highest BCUT2D eigenvalue weighted by Crippen LogP contribution is 2.23. The number of nitrogens with two attached hydrogens (primary N) is 1. The number of thioether (sulfide) groups is 1. The Morgan fingerprint density at radius 2 is 1.97 bits per heavy atom. The van der Waals surface area contributed by atoms with Gasteiger partial charge in [0.05, 0.1) is 29.8 Å². The Labute approximate surface area is 171 Å². The van der Waals surface area contributed by atoms with Crippen LogP contribution in [-0.4, -0.2) is 56.4 Å². The number of esters is 1. The van der Waals surface area contributed by atoms with Crippen LogP contribution in [0.5, 0.6) is 0 Å². The summed E-state index contributed by atoms with van der Waals surface area (Å²) in [7, 11) is 2.89. The van der Waals surface area contributed by atoms with E-state index < -0.39 is 5.97 Å². The first-order valence-corrected chi connectivity index (χ1v) is 9.63. The monoisotopic (exact) mass is 415 g/mol. The van der Waals surface area contributed by atoms with Crippen molar-refractivity contribution < 1.29 is 14.3 Å². The molecule has 1 amide bonds. The van der Waals surface area contributed by atoms with Crippen molar-refractivity contribution in [2.45, 2.75) is 19.0 Å². The predicted octanol–water partition coefficient (Wildman–Crippen LogP) is 1.34. The molecule has 11 heteroatoms. The average Bonchev–Trinajstić information content (AvgIpc) is 3.25. The molecule has 3 aromatic rings. The van der Waals surface area contributed by atoms with Crippen LogP contribution < -0.4 is 10.7 Å². The van der Waals surface area contributed by atoms with Crippen molar-refractivity contribution in [2.24, 2.45) is 0 Å². The maximum absolute atomic E-state index is 12.7. The van der Waals surface area contributed by atoms with Crippen molar-refractivity contribution >= 4 is 29.3 Å². The number of amides is 1. The molecule has 0 bridgehead atoms. The van der Waals surface area contributed by atoms with Crippen molar-refractivity contribution in [3.63, 3.8) is 0 Å². The maximum atomic E-state index is 12.7. The fraction of sp³-hybridized carbons (Fsp3) is 0.278. The molecule has 152 valence electrons. The lowest BCUT2D eigenvalue weighted by molar-refractivity contribution is -0.115. The Morgan fingerprint density at radius 1 is 1.24 bits per heavy atom. The Balaban J connectivity index is 1.74. The second kappa shape index (κ2) is 8.35. The summed E-state index contributed by atoms with van der Waals surface area (Å²) in [4.78, 5) is 26.0. The molecule has 0 atom stereocenters. The van der Waals surface area contributed by atoms with Gasteiger partial charge in [0.25, 0.3) is 5.95 Å². The fourth-order valence-corrected chi connectivity index (χ4v) is 3.52. The van der Waals surface area contributed by atoms with Gasteiger partial charge in [0.15, 0.2) is 0 Å². The number of hydrogen-bond acceptors (Lipinski definition) is 8. The van der Waals surface area contributed by atoms with E-state index in [1.807, 2.05) is 19.9 Å². The van der Waals surface area contributed by atoms with Crippen LogP contribution in [0.1, 0.15) is 21.7 Å². The topological polar surface area (TPSA) is 121 Å². The van der Waals surface area contributed by atoms with Gasteiger partial charge in [-0.25, -0.2) is 14.2 Å². The van der Waals surface area contributed by atoms with Crippen LogP contribution in [0.4, 0.5) is 5.69 Å². The van der Waals surface area contributed by atoms with Gasteiger partial charge < -0.3 is 15.5 Å². The number of aryl methyl sites for hydroxylation is 2. The van der Waals surface area contributed by atoms with E-state index in [0.717, 1.165) is 23.1 Å². The smallest absolute Gasteiger partial charge is 0.339 e. The third-order valence-electron chi connectivity index (χ3n) is 4.22. The number of rotatable bonds is 6. The molecule has 0 unspecified atom stereocenters. The molecule has 0 saturated heterocycles. The number of hydrogen-bond donors (Lipinski definition) is 1. The molecule has 0 fully saturated rings. The number of aromatic nitrogens is 5.